The van der Waals surface area contributed by atoms with Crippen LogP contribution in [0.25, 0.3) is 0 Å². The van der Waals surface area contributed by atoms with Gasteiger partial charge in [-0.25, -0.2) is 0 Å². The molecule has 0 spiro atoms. The van der Waals surface area contributed by atoms with Gasteiger partial charge in [-0.05, 0) is 38.6 Å². The molecule has 0 saturated heterocycles. The third-order valence-corrected chi connectivity index (χ3v) is 3.04. The second-order valence-corrected chi connectivity index (χ2v) is 4.64. The molecule has 13 heavy (non-hydrogen) atoms. The molecule has 0 radical (unpaired) electrons. The SMILES string of the molecule is COCCC(C)NCC1CC(Cl)C1. The van der Waals surface area contributed by atoms with E-state index in [1.165, 1.54) is 12.8 Å². The Hall–Kier alpha value is 0.210. The molecule has 2 nitrogen and oxygen atoms in total. The molecule has 1 aliphatic carbocycles. The van der Waals surface area contributed by atoms with E-state index < -0.39 is 0 Å². The lowest BCUT2D eigenvalue weighted by molar-refractivity contribution is 0.182. The third kappa shape index (κ3) is 4.30. The zero-order valence-electron chi connectivity index (χ0n) is 8.55. The lowest BCUT2D eigenvalue weighted by Gasteiger charge is -2.32. The van der Waals surface area contributed by atoms with Gasteiger partial charge in [0.15, 0.2) is 0 Å². The molecule has 0 amide bonds. The Labute approximate surface area is 86.0 Å². The van der Waals surface area contributed by atoms with Crippen LogP contribution in [0, 0.1) is 5.92 Å². The van der Waals surface area contributed by atoms with Crippen LogP contribution in [-0.4, -0.2) is 31.7 Å². The van der Waals surface area contributed by atoms with E-state index in [1.54, 1.807) is 7.11 Å². The van der Waals surface area contributed by atoms with Crippen molar-refractivity contribution in [3.8, 4) is 0 Å². The number of nitrogens with one attached hydrogen (secondary N) is 1. The maximum atomic E-state index is 5.89. The van der Waals surface area contributed by atoms with Crippen LogP contribution in [0.3, 0.4) is 0 Å². The summed E-state index contributed by atoms with van der Waals surface area (Å²) in [6.07, 6.45) is 3.46. The minimum Gasteiger partial charge on any atom is -0.385 e. The van der Waals surface area contributed by atoms with E-state index in [4.69, 9.17) is 16.3 Å². The molecule has 3 heteroatoms. The topological polar surface area (TPSA) is 21.3 Å². The first kappa shape index (κ1) is 11.3. The number of ether oxygens (including phenoxy) is 1. The Kier molecular flexibility index (Phi) is 5.07. The Balaban J connectivity index is 1.92. The smallest absolute Gasteiger partial charge is 0.0476 e. The molecule has 78 valence electrons. The van der Waals surface area contributed by atoms with Crippen molar-refractivity contribution in [1.82, 2.24) is 5.32 Å². The van der Waals surface area contributed by atoms with Gasteiger partial charge in [0.25, 0.3) is 0 Å². The normalized spacial score (nSPS) is 29.8. The van der Waals surface area contributed by atoms with Crippen LogP contribution in [0.1, 0.15) is 26.2 Å². The fourth-order valence-corrected chi connectivity index (χ4v) is 2.09. The highest BCUT2D eigenvalue weighted by Crippen LogP contribution is 2.31. The number of halogens is 1. The zero-order chi connectivity index (χ0) is 9.68. The molecule has 0 aromatic heterocycles. The van der Waals surface area contributed by atoms with Gasteiger partial charge in [0, 0.05) is 25.1 Å². The van der Waals surface area contributed by atoms with Crippen molar-refractivity contribution in [3.63, 3.8) is 0 Å². The average molecular weight is 206 g/mol. The van der Waals surface area contributed by atoms with E-state index in [0.717, 1.165) is 25.5 Å². The van der Waals surface area contributed by atoms with Crippen LogP contribution >= 0.6 is 11.6 Å². The Morgan fingerprint density at radius 2 is 2.23 bits per heavy atom. The van der Waals surface area contributed by atoms with E-state index in [-0.39, 0.29) is 0 Å². The zero-order valence-corrected chi connectivity index (χ0v) is 9.31. The van der Waals surface area contributed by atoms with Gasteiger partial charge in [0.05, 0.1) is 0 Å². The summed E-state index contributed by atoms with van der Waals surface area (Å²) in [6, 6.07) is 0.564. The van der Waals surface area contributed by atoms with Crippen LogP contribution in [-0.2, 0) is 4.74 Å². The van der Waals surface area contributed by atoms with E-state index in [2.05, 4.69) is 12.2 Å². The minimum atomic E-state index is 0.445. The minimum absolute atomic E-state index is 0.445. The Morgan fingerprint density at radius 1 is 1.54 bits per heavy atom. The second-order valence-electron chi connectivity index (χ2n) is 4.03. The summed E-state index contributed by atoms with van der Waals surface area (Å²) in [5.41, 5.74) is 0. The van der Waals surface area contributed by atoms with Gasteiger partial charge in [-0.1, -0.05) is 0 Å². The van der Waals surface area contributed by atoms with Gasteiger partial charge >= 0.3 is 0 Å². The molecular weight excluding hydrogens is 186 g/mol. The van der Waals surface area contributed by atoms with Crippen molar-refractivity contribution in [2.24, 2.45) is 5.92 Å². The summed E-state index contributed by atoms with van der Waals surface area (Å²) in [5.74, 6) is 0.812. The van der Waals surface area contributed by atoms with E-state index >= 15 is 0 Å². The van der Waals surface area contributed by atoms with Crippen LogP contribution in [0.5, 0.6) is 0 Å². The number of hydrogen-bond donors (Lipinski definition) is 1. The molecule has 1 unspecified atom stereocenters. The van der Waals surface area contributed by atoms with Gasteiger partial charge < -0.3 is 10.1 Å². The average Bonchev–Trinajstić information content (AvgIpc) is 2.07. The summed E-state index contributed by atoms with van der Waals surface area (Å²) < 4.78 is 5.02. The Bertz CT molecular complexity index is 137. The molecule has 0 aliphatic heterocycles. The van der Waals surface area contributed by atoms with Gasteiger partial charge in [-0.3, -0.25) is 0 Å². The highest BCUT2D eigenvalue weighted by atomic mass is 35.5. The first-order chi connectivity index (χ1) is 6.22. The highest BCUT2D eigenvalue weighted by molar-refractivity contribution is 6.21. The Morgan fingerprint density at radius 3 is 2.77 bits per heavy atom. The fraction of sp³-hybridized carbons (Fsp3) is 1.00. The highest BCUT2D eigenvalue weighted by Gasteiger charge is 2.26. The fourth-order valence-electron chi connectivity index (χ4n) is 1.59. The maximum absolute atomic E-state index is 5.89. The molecule has 1 saturated carbocycles. The van der Waals surface area contributed by atoms with Crippen LogP contribution < -0.4 is 5.32 Å². The van der Waals surface area contributed by atoms with Crippen molar-refractivity contribution >= 4 is 11.6 Å². The van der Waals surface area contributed by atoms with Gasteiger partial charge in [-0.15, -0.1) is 11.6 Å². The standard InChI is InChI=1S/C10H20ClNO/c1-8(3-4-13-2)12-7-9-5-10(11)6-9/h8-10,12H,3-7H2,1-2H3. The molecule has 1 rings (SSSR count). The van der Waals surface area contributed by atoms with Gasteiger partial charge in [-0.2, -0.15) is 0 Å². The van der Waals surface area contributed by atoms with Crippen molar-refractivity contribution in [3.05, 3.63) is 0 Å². The molecule has 1 atom stereocenters. The summed E-state index contributed by atoms with van der Waals surface area (Å²) in [4.78, 5) is 0. The van der Waals surface area contributed by atoms with Crippen molar-refractivity contribution in [1.29, 1.82) is 0 Å². The quantitative estimate of drug-likeness (QED) is 0.670. The molecule has 0 aromatic carbocycles. The molecule has 1 fully saturated rings. The lowest BCUT2D eigenvalue weighted by Crippen LogP contribution is -2.37. The van der Waals surface area contributed by atoms with Gasteiger partial charge in [0.1, 0.15) is 0 Å². The second kappa shape index (κ2) is 5.84. The summed E-state index contributed by atoms with van der Waals surface area (Å²) in [5, 5.41) is 3.95. The van der Waals surface area contributed by atoms with Gasteiger partial charge in [0.2, 0.25) is 0 Å². The molecule has 1 aliphatic rings. The summed E-state index contributed by atoms with van der Waals surface area (Å²) in [6.45, 7) is 4.17. The molecule has 0 bridgehead atoms. The molecule has 0 aromatic rings. The van der Waals surface area contributed by atoms with Crippen molar-refractivity contribution < 1.29 is 4.74 Å². The largest absolute Gasteiger partial charge is 0.385 e. The maximum Gasteiger partial charge on any atom is 0.0476 e. The van der Waals surface area contributed by atoms with Crippen LogP contribution in [0.2, 0.25) is 0 Å². The van der Waals surface area contributed by atoms with E-state index in [1.807, 2.05) is 0 Å². The number of alkyl halides is 1. The van der Waals surface area contributed by atoms with E-state index in [9.17, 15) is 0 Å². The molecule has 1 N–H and O–H groups in total. The first-order valence-electron chi connectivity index (χ1n) is 5.08. The lowest BCUT2D eigenvalue weighted by atomic mass is 9.85. The predicted molar refractivity (Wildman–Crippen MR) is 56.3 cm³/mol. The number of hydrogen-bond acceptors (Lipinski definition) is 2. The number of rotatable bonds is 6. The first-order valence-corrected chi connectivity index (χ1v) is 5.52. The molecule has 0 heterocycles. The summed E-state index contributed by atoms with van der Waals surface area (Å²) in [7, 11) is 1.75. The molecular formula is C10H20ClNO. The third-order valence-electron chi connectivity index (χ3n) is 2.69. The summed E-state index contributed by atoms with van der Waals surface area (Å²) >= 11 is 5.89. The predicted octanol–water partition coefficient (Wildman–Crippen LogP) is 2.02. The number of methoxy groups -OCH3 is 1. The monoisotopic (exact) mass is 205 g/mol. The van der Waals surface area contributed by atoms with Crippen molar-refractivity contribution in [2.45, 2.75) is 37.6 Å². The van der Waals surface area contributed by atoms with E-state index in [0.29, 0.717) is 11.4 Å². The van der Waals surface area contributed by atoms with Crippen LogP contribution in [0.15, 0.2) is 0 Å². The van der Waals surface area contributed by atoms with Crippen molar-refractivity contribution in [2.75, 3.05) is 20.3 Å². The van der Waals surface area contributed by atoms with Crippen LogP contribution in [0.4, 0.5) is 0 Å².